The van der Waals surface area contributed by atoms with Crippen LogP contribution in [-0.2, 0) is 19.6 Å². The number of benzene rings is 2. The van der Waals surface area contributed by atoms with E-state index in [1.807, 2.05) is 18.2 Å². The van der Waals surface area contributed by atoms with Crippen LogP contribution in [0.5, 0.6) is 0 Å². The monoisotopic (exact) mass is 398 g/mol. The number of carbonyl (C=O) groups is 1. The fraction of sp³-hybridized carbons (Fsp3) is 0.238. The molecule has 1 aliphatic heterocycles. The van der Waals surface area contributed by atoms with Crippen LogP contribution in [-0.4, -0.2) is 25.7 Å². The molecule has 6 nitrogen and oxygen atoms in total. The summed E-state index contributed by atoms with van der Waals surface area (Å²) in [5.41, 5.74) is 1.21. The number of aliphatic imine (C=N–C) groups is 1. The number of rotatable bonds is 5. The van der Waals surface area contributed by atoms with Gasteiger partial charge in [-0.3, -0.25) is 0 Å². The topological polar surface area (TPSA) is 84.8 Å². The van der Waals surface area contributed by atoms with Gasteiger partial charge in [0.25, 0.3) is 0 Å². The number of fused-ring (bicyclic) bond motifs is 1. The van der Waals surface area contributed by atoms with Crippen LogP contribution in [0.15, 0.2) is 65.0 Å². The van der Waals surface area contributed by atoms with E-state index < -0.39 is 27.6 Å². The van der Waals surface area contributed by atoms with Crippen molar-refractivity contribution in [1.82, 2.24) is 4.72 Å². The van der Waals surface area contributed by atoms with Crippen LogP contribution in [0.25, 0.3) is 6.08 Å². The van der Waals surface area contributed by atoms with Crippen molar-refractivity contribution in [1.29, 1.82) is 0 Å². The number of hydrogen-bond acceptors (Lipinski definition) is 5. The zero-order chi connectivity index (χ0) is 20.4. The van der Waals surface area contributed by atoms with E-state index in [4.69, 9.17) is 4.74 Å². The molecule has 1 unspecified atom stereocenters. The van der Waals surface area contributed by atoms with E-state index in [9.17, 15) is 13.2 Å². The van der Waals surface area contributed by atoms with Crippen LogP contribution < -0.4 is 4.72 Å². The number of sulfonamides is 1. The molecule has 0 aromatic heterocycles. The van der Waals surface area contributed by atoms with E-state index in [-0.39, 0.29) is 5.71 Å². The van der Waals surface area contributed by atoms with E-state index in [1.165, 1.54) is 6.08 Å². The molecule has 1 aliphatic rings. The predicted octanol–water partition coefficient (Wildman–Crippen LogP) is 3.75. The van der Waals surface area contributed by atoms with E-state index >= 15 is 0 Å². The Bertz CT molecular complexity index is 1040. The van der Waals surface area contributed by atoms with Crippen molar-refractivity contribution in [3.63, 3.8) is 0 Å². The van der Waals surface area contributed by atoms with Gasteiger partial charge in [-0.15, -0.1) is 0 Å². The number of ether oxygens (including phenoxy) is 1. The normalized spacial score (nSPS) is 16.7. The Morgan fingerprint density at radius 2 is 1.71 bits per heavy atom. The maximum absolute atomic E-state index is 12.6. The Hall–Kier alpha value is -2.77. The molecule has 1 atom stereocenters. The summed E-state index contributed by atoms with van der Waals surface area (Å²) < 4.78 is 33.2. The lowest BCUT2D eigenvalue weighted by Crippen LogP contribution is -2.37. The third-order valence-corrected chi connectivity index (χ3v) is 4.95. The van der Waals surface area contributed by atoms with Crippen LogP contribution >= 0.6 is 0 Å². The molecule has 7 heteroatoms. The molecule has 0 radical (unpaired) electrons. The van der Waals surface area contributed by atoms with Gasteiger partial charge in [-0.2, -0.15) is 4.72 Å². The molecule has 3 rings (SSSR count). The predicted molar refractivity (Wildman–Crippen MR) is 110 cm³/mol. The lowest BCUT2D eigenvalue weighted by atomic mass is 10.0. The van der Waals surface area contributed by atoms with Crippen LogP contribution in [0.1, 0.15) is 37.9 Å². The maximum atomic E-state index is 12.6. The highest BCUT2D eigenvalue weighted by atomic mass is 32.2. The van der Waals surface area contributed by atoms with Crippen molar-refractivity contribution in [2.75, 3.05) is 0 Å². The number of esters is 1. The third kappa shape index (κ3) is 4.94. The van der Waals surface area contributed by atoms with Crippen LogP contribution in [0.2, 0.25) is 0 Å². The van der Waals surface area contributed by atoms with Gasteiger partial charge >= 0.3 is 5.97 Å². The highest BCUT2D eigenvalue weighted by Crippen LogP contribution is 2.35. The molecule has 0 fully saturated rings. The molecule has 146 valence electrons. The summed E-state index contributed by atoms with van der Waals surface area (Å²) in [4.78, 5) is 16.9. The zero-order valence-electron chi connectivity index (χ0n) is 15.9. The maximum Gasteiger partial charge on any atom is 0.355 e. The van der Waals surface area contributed by atoms with Gasteiger partial charge in [0, 0.05) is 11.0 Å². The standard InChI is InChI=1S/C21H22N2O4S/c1-21(2,3)27-20(24)19-18(16-11-7-8-12-17(16)22-19)23-28(25,26)14-13-15-9-5-4-6-10-15/h4-14,18,23H,1-3H3/b14-13+. The number of carbonyl (C=O) groups excluding carboxylic acids is 1. The molecule has 28 heavy (non-hydrogen) atoms. The molecule has 2 aromatic carbocycles. The minimum Gasteiger partial charge on any atom is -0.455 e. The first kappa shape index (κ1) is 20.0. The summed E-state index contributed by atoms with van der Waals surface area (Å²) >= 11 is 0. The Morgan fingerprint density at radius 3 is 2.39 bits per heavy atom. The molecular weight excluding hydrogens is 376 g/mol. The molecule has 0 saturated carbocycles. The summed E-state index contributed by atoms with van der Waals surface area (Å²) in [5, 5.41) is 1.08. The van der Waals surface area contributed by atoms with E-state index in [0.717, 1.165) is 11.0 Å². The molecule has 0 amide bonds. The van der Waals surface area contributed by atoms with Crippen molar-refractivity contribution in [3.05, 3.63) is 71.1 Å². The first-order chi connectivity index (χ1) is 13.1. The van der Waals surface area contributed by atoms with E-state index in [1.54, 1.807) is 57.2 Å². The third-order valence-electron chi connectivity index (χ3n) is 3.89. The number of nitrogens with zero attached hydrogens (tertiary/aromatic N) is 1. The van der Waals surface area contributed by atoms with Crippen molar-refractivity contribution >= 4 is 33.5 Å². The zero-order valence-corrected chi connectivity index (χ0v) is 16.7. The first-order valence-corrected chi connectivity index (χ1v) is 10.4. The fourth-order valence-electron chi connectivity index (χ4n) is 2.72. The minimum atomic E-state index is -3.84. The number of para-hydroxylation sites is 1. The molecule has 0 aliphatic carbocycles. The van der Waals surface area contributed by atoms with Crippen molar-refractivity contribution in [2.24, 2.45) is 4.99 Å². The van der Waals surface area contributed by atoms with Gasteiger partial charge in [0.1, 0.15) is 11.3 Å². The second-order valence-corrected chi connectivity index (χ2v) is 8.96. The largest absolute Gasteiger partial charge is 0.455 e. The average molecular weight is 398 g/mol. The Labute approximate surface area is 165 Å². The van der Waals surface area contributed by atoms with Crippen molar-refractivity contribution < 1.29 is 17.9 Å². The van der Waals surface area contributed by atoms with Gasteiger partial charge in [0.2, 0.25) is 10.0 Å². The lowest BCUT2D eigenvalue weighted by molar-refractivity contribution is -0.146. The summed E-state index contributed by atoms with van der Waals surface area (Å²) in [7, 11) is -3.84. The van der Waals surface area contributed by atoms with Crippen LogP contribution in [0, 0.1) is 0 Å². The van der Waals surface area contributed by atoms with Crippen molar-refractivity contribution in [3.8, 4) is 0 Å². The van der Waals surface area contributed by atoms with Gasteiger partial charge in [-0.1, -0.05) is 48.5 Å². The highest BCUT2D eigenvalue weighted by Gasteiger charge is 2.36. The van der Waals surface area contributed by atoms with Gasteiger partial charge < -0.3 is 4.74 Å². The molecule has 2 aromatic rings. The van der Waals surface area contributed by atoms with Gasteiger partial charge in [0.15, 0.2) is 0 Å². The first-order valence-electron chi connectivity index (χ1n) is 8.81. The minimum absolute atomic E-state index is 0.0211. The molecule has 0 spiro atoms. The fourth-order valence-corrected chi connectivity index (χ4v) is 3.71. The number of nitrogens with one attached hydrogen (secondary N) is 1. The summed E-state index contributed by atoms with van der Waals surface area (Å²) in [6.07, 6.45) is 1.49. The smallest absolute Gasteiger partial charge is 0.355 e. The second kappa shape index (κ2) is 7.69. The summed E-state index contributed by atoms with van der Waals surface area (Å²) in [6, 6.07) is 15.2. The summed E-state index contributed by atoms with van der Waals surface area (Å²) in [6.45, 7) is 5.24. The molecule has 1 N–H and O–H groups in total. The number of hydrogen-bond donors (Lipinski definition) is 1. The van der Waals surface area contributed by atoms with Gasteiger partial charge in [-0.25, -0.2) is 18.2 Å². The Kier molecular flexibility index (Phi) is 5.49. The van der Waals surface area contributed by atoms with Crippen LogP contribution in [0.3, 0.4) is 0 Å². The Balaban J connectivity index is 1.88. The molecule has 1 heterocycles. The average Bonchev–Trinajstić information content (AvgIpc) is 2.98. The molecular formula is C21H22N2O4S. The SMILES string of the molecule is CC(C)(C)OC(=O)C1=Nc2ccccc2C1NS(=O)(=O)/C=C/c1ccccc1. The second-order valence-electron chi connectivity index (χ2n) is 7.37. The van der Waals surface area contributed by atoms with Crippen molar-refractivity contribution in [2.45, 2.75) is 32.4 Å². The highest BCUT2D eigenvalue weighted by molar-refractivity contribution is 7.92. The lowest BCUT2D eigenvalue weighted by Gasteiger charge is -2.21. The van der Waals surface area contributed by atoms with Gasteiger partial charge in [0.05, 0.1) is 11.7 Å². The van der Waals surface area contributed by atoms with Crippen LogP contribution in [0.4, 0.5) is 5.69 Å². The van der Waals surface area contributed by atoms with E-state index in [0.29, 0.717) is 11.3 Å². The van der Waals surface area contributed by atoms with Gasteiger partial charge in [-0.05, 0) is 38.5 Å². The van der Waals surface area contributed by atoms with E-state index in [2.05, 4.69) is 9.71 Å². The molecule has 0 bridgehead atoms. The molecule has 0 saturated heterocycles. The quantitative estimate of drug-likeness (QED) is 0.778. The summed E-state index contributed by atoms with van der Waals surface area (Å²) in [5.74, 6) is -0.650. The Morgan fingerprint density at radius 1 is 1.07 bits per heavy atom.